The number of piperidine rings is 1. The molecule has 0 radical (unpaired) electrons. The largest absolute Gasteiger partial charge is 0.477 e. The van der Waals surface area contributed by atoms with Crippen molar-refractivity contribution in [2.24, 2.45) is 0 Å². The molecule has 0 bridgehead atoms. The van der Waals surface area contributed by atoms with Crippen LogP contribution in [0.15, 0.2) is 18.3 Å². The number of carbonyl (C=O) groups is 2. The van der Waals surface area contributed by atoms with Crippen LogP contribution >= 0.6 is 0 Å². The van der Waals surface area contributed by atoms with Crippen molar-refractivity contribution in [1.29, 1.82) is 0 Å². The fraction of sp³-hybridized carbons (Fsp3) is 0.533. The number of hydrogen-bond donors (Lipinski definition) is 2. The van der Waals surface area contributed by atoms with Gasteiger partial charge >= 0.3 is 5.97 Å². The van der Waals surface area contributed by atoms with Crippen LogP contribution in [0.1, 0.15) is 47.0 Å². The van der Waals surface area contributed by atoms with Crippen molar-refractivity contribution in [2.45, 2.75) is 32.2 Å². The Kier molecular flexibility index (Phi) is 5.27. The average molecular weight is 291 g/mol. The van der Waals surface area contributed by atoms with Gasteiger partial charge in [0.25, 0.3) is 5.91 Å². The van der Waals surface area contributed by atoms with Crippen LogP contribution in [-0.4, -0.2) is 52.5 Å². The Morgan fingerprint density at radius 3 is 2.62 bits per heavy atom. The zero-order valence-corrected chi connectivity index (χ0v) is 12.2. The number of likely N-dealkylation sites (tertiary alicyclic amines) is 1. The molecule has 6 heteroatoms. The van der Waals surface area contributed by atoms with Crippen molar-refractivity contribution in [3.8, 4) is 0 Å². The lowest BCUT2D eigenvalue weighted by atomic mass is 10.1. The number of nitrogens with one attached hydrogen (secondary N) is 1. The van der Waals surface area contributed by atoms with E-state index in [1.165, 1.54) is 37.6 Å². The zero-order chi connectivity index (χ0) is 15.2. The Morgan fingerprint density at radius 2 is 2.05 bits per heavy atom. The summed E-state index contributed by atoms with van der Waals surface area (Å²) in [7, 11) is 0. The molecule has 114 valence electrons. The van der Waals surface area contributed by atoms with Crippen LogP contribution in [0.2, 0.25) is 0 Å². The minimum absolute atomic E-state index is 0.0618. The van der Waals surface area contributed by atoms with Gasteiger partial charge in [-0.25, -0.2) is 9.78 Å². The summed E-state index contributed by atoms with van der Waals surface area (Å²) in [4.78, 5) is 28.8. The fourth-order valence-corrected chi connectivity index (χ4v) is 2.49. The maximum atomic E-state index is 12.0. The van der Waals surface area contributed by atoms with Crippen LogP contribution in [0.4, 0.5) is 0 Å². The van der Waals surface area contributed by atoms with Crippen molar-refractivity contribution >= 4 is 11.9 Å². The van der Waals surface area contributed by atoms with Gasteiger partial charge in [-0.3, -0.25) is 9.69 Å². The summed E-state index contributed by atoms with van der Waals surface area (Å²) in [6, 6.07) is 3.13. The summed E-state index contributed by atoms with van der Waals surface area (Å²) in [5, 5.41) is 11.6. The maximum Gasteiger partial charge on any atom is 0.354 e. The second-order valence-corrected chi connectivity index (χ2v) is 5.39. The number of carboxylic acid groups (broad SMARTS) is 1. The minimum atomic E-state index is -1.10. The van der Waals surface area contributed by atoms with Crippen molar-refractivity contribution in [3.05, 3.63) is 29.6 Å². The maximum absolute atomic E-state index is 12.0. The highest BCUT2D eigenvalue weighted by Gasteiger charge is 2.17. The molecule has 1 aromatic heterocycles. The average Bonchev–Trinajstić information content (AvgIpc) is 2.53. The van der Waals surface area contributed by atoms with Gasteiger partial charge in [0.15, 0.2) is 0 Å². The van der Waals surface area contributed by atoms with E-state index < -0.39 is 5.97 Å². The molecular formula is C15H21N3O3. The molecule has 0 aliphatic carbocycles. The molecule has 0 aromatic carbocycles. The minimum Gasteiger partial charge on any atom is -0.477 e. The molecule has 1 amide bonds. The zero-order valence-electron chi connectivity index (χ0n) is 12.2. The first-order valence-electron chi connectivity index (χ1n) is 7.29. The van der Waals surface area contributed by atoms with Crippen LogP contribution in [0.3, 0.4) is 0 Å². The number of aromatic carboxylic acids is 1. The topological polar surface area (TPSA) is 82.5 Å². The Labute approximate surface area is 124 Å². The number of nitrogens with zero attached hydrogens (tertiary/aromatic N) is 2. The highest BCUT2D eigenvalue weighted by atomic mass is 16.4. The van der Waals surface area contributed by atoms with Crippen LogP contribution in [-0.2, 0) is 0 Å². The molecule has 0 saturated carbocycles. The summed E-state index contributed by atoms with van der Waals surface area (Å²) in [6.07, 6.45) is 5.03. The Morgan fingerprint density at radius 1 is 1.33 bits per heavy atom. The van der Waals surface area contributed by atoms with E-state index in [1.54, 1.807) is 0 Å². The summed E-state index contributed by atoms with van der Waals surface area (Å²) < 4.78 is 0. The van der Waals surface area contributed by atoms with Gasteiger partial charge in [-0.1, -0.05) is 6.42 Å². The van der Waals surface area contributed by atoms with Gasteiger partial charge in [0, 0.05) is 18.8 Å². The van der Waals surface area contributed by atoms with Gasteiger partial charge in [0.2, 0.25) is 0 Å². The lowest BCUT2D eigenvalue weighted by Gasteiger charge is -2.32. The van der Waals surface area contributed by atoms with Gasteiger partial charge < -0.3 is 10.4 Å². The van der Waals surface area contributed by atoms with E-state index in [4.69, 9.17) is 5.11 Å². The fourth-order valence-electron chi connectivity index (χ4n) is 2.49. The van der Waals surface area contributed by atoms with Gasteiger partial charge in [-0.05, 0) is 45.0 Å². The number of pyridine rings is 1. The standard InChI is InChI=1S/C15H21N3O3/c1-11(18-7-3-2-4-8-18)9-17-14(19)12-5-6-13(15(20)21)16-10-12/h5-6,10-11H,2-4,7-9H2,1H3,(H,17,19)(H,20,21). The van der Waals surface area contributed by atoms with Gasteiger partial charge in [-0.15, -0.1) is 0 Å². The third kappa shape index (κ3) is 4.26. The van der Waals surface area contributed by atoms with Crippen molar-refractivity contribution in [1.82, 2.24) is 15.2 Å². The third-order valence-electron chi connectivity index (χ3n) is 3.82. The van der Waals surface area contributed by atoms with E-state index in [9.17, 15) is 9.59 Å². The van der Waals surface area contributed by atoms with Gasteiger partial charge in [-0.2, -0.15) is 0 Å². The lowest BCUT2D eigenvalue weighted by Crippen LogP contribution is -2.44. The molecule has 2 rings (SSSR count). The van der Waals surface area contributed by atoms with E-state index >= 15 is 0 Å². The van der Waals surface area contributed by atoms with E-state index in [0.717, 1.165) is 13.1 Å². The summed E-state index contributed by atoms with van der Waals surface area (Å²) >= 11 is 0. The van der Waals surface area contributed by atoms with Gasteiger partial charge in [0.1, 0.15) is 5.69 Å². The lowest BCUT2D eigenvalue weighted by molar-refractivity contribution is 0.0689. The van der Waals surface area contributed by atoms with E-state index in [1.807, 2.05) is 0 Å². The van der Waals surface area contributed by atoms with E-state index in [2.05, 4.69) is 22.1 Å². The summed E-state index contributed by atoms with van der Waals surface area (Å²) in [5.41, 5.74) is 0.319. The highest BCUT2D eigenvalue weighted by Crippen LogP contribution is 2.11. The molecule has 21 heavy (non-hydrogen) atoms. The van der Waals surface area contributed by atoms with Gasteiger partial charge in [0.05, 0.1) is 5.56 Å². The third-order valence-corrected chi connectivity index (χ3v) is 3.82. The van der Waals surface area contributed by atoms with Crippen LogP contribution < -0.4 is 5.32 Å². The molecule has 1 fully saturated rings. The normalized spacial score (nSPS) is 17.2. The Balaban J connectivity index is 1.84. The van der Waals surface area contributed by atoms with Crippen LogP contribution in [0, 0.1) is 0 Å². The number of hydrogen-bond acceptors (Lipinski definition) is 4. The second-order valence-electron chi connectivity index (χ2n) is 5.39. The number of carbonyl (C=O) groups excluding carboxylic acids is 1. The number of rotatable bonds is 5. The van der Waals surface area contributed by atoms with Crippen molar-refractivity contribution < 1.29 is 14.7 Å². The van der Waals surface area contributed by atoms with E-state index in [-0.39, 0.29) is 11.6 Å². The number of aromatic nitrogens is 1. The quantitative estimate of drug-likeness (QED) is 0.856. The molecule has 1 aliphatic rings. The Bertz CT molecular complexity index is 495. The molecule has 2 N–H and O–H groups in total. The SMILES string of the molecule is CC(CNC(=O)c1ccc(C(=O)O)nc1)N1CCCCC1. The second kappa shape index (κ2) is 7.17. The molecular weight excluding hydrogens is 270 g/mol. The summed E-state index contributed by atoms with van der Waals surface area (Å²) in [5.74, 6) is -1.32. The molecule has 6 nitrogen and oxygen atoms in total. The van der Waals surface area contributed by atoms with Crippen LogP contribution in [0.25, 0.3) is 0 Å². The van der Waals surface area contributed by atoms with Crippen molar-refractivity contribution in [2.75, 3.05) is 19.6 Å². The first-order valence-corrected chi connectivity index (χ1v) is 7.29. The molecule has 0 spiro atoms. The molecule has 2 heterocycles. The highest BCUT2D eigenvalue weighted by molar-refractivity contribution is 5.94. The molecule has 1 aromatic rings. The number of carboxylic acids is 1. The molecule has 1 unspecified atom stereocenters. The summed E-state index contributed by atoms with van der Waals surface area (Å²) in [6.45, 7) is 4.87. The van der Waals surface area contributed by atoms with Crippen LogP contribution in [0.5, 0.6) is 0 Å². The Hall–Kier alpha value is -1.95. The predicted molar refractivity (Wildman–Crippen MR) is 78.4 cm³/mol. The first-order chi connectivity index (χ1) is 10.1. The smallest absolute Gasteiger partial charge is 0.354 e. The van der Waals surface area contributed by atoms with Crippen molar-refractivity contribution in [3.63, 3.8) is 0 Å². The molecule has 1 aliphatic heterocycles. The molecule has 1 saturated heterocycles. The predicted octanol–water partition coefficient (Wildman–Crippen LogP) is 1.38. The molecule has 1 atom stereocenters. The first kappa shape index (κ1) is 15.4. The number of amides is 1. The van der Waals surface area contributed by atoms with E-state index in [0.29, 0.717) is 18.2 Å². The monoisotopic (exact) mass is 291 g/mol.